The molecule has 0 unspecified atom stereocenters. The maximum absolute atomic E-state index is 4.40. The zero-order chi connectivity index (χ0) is 8.01. The number of rotatable bonds is 1. The second kappa shape index (κ2) is 2.59. The molecule has 0 aromatic carbocycles. The van der Waals surface area contributed by atoms with Gasteiger partial charge in [0.2, 0.25) is 0 Å². The van der Waals surface area contributed by atoms with Crippen molar-refractivity contribution in [2.75, 3.05) is 0 Å². The first-order chi connectivity index (χ1) is 5.20. The molecule has 1 aliphatic carbocycles. The summed E-state index contributed by atoms with van der Waals surface area (Å²) in [6, 6.07) is 0. The molecule has 0 saturated heterocycles. The first-order valence-corrected chi connectivity index (χ1v) is 5.16. The van der Waals surface area contributed by atoms with Crippen LogP contribution in [0.25, 0.3) is 0 Å². The molecule has 2 nitrogen and oxygen atoms in total. The number of halogens is 2. The highest BCUT2D eigenvalue weighted by molar-refractivity contribution is 9.13. The van der Waals surface area contributed by atoms with Gasteiger partial charge in [-0.25, -0.2) is 4.98 Å². The van der Waals surface area contributed by atoms with E-state index in [2.05, 4.69) is 41.4 Å². The van der Waals surface area contributed by atoms with Crippen LogP contribution >= 0.6 is 31.9 Å². The molecule has 0 bridgehead atoms. The molecule has 11 heavy (non-hydrogen) atoms. The van der Waals surface area contributed by atoms with Crippen molar-refractivity contribution in [2.45, 2.75) is 18.8 Å². The van der Waals surface area contributed by atoms with E-state index < -0.39 is 0 Å². The van der Waals surface area contributed by atoms with Crippen LogP contribution < -0.4 is 0 Å². The Morgan fingerprint density at radius 2 is 2.09 bits per heavy atom. The molecule has 1 heterocycles. The Balaban J connectivity index is 2.46. The number of hydrogen-bond acceptors (Lipinski definition) is 1. The Morgan fingerprint density at radius 3 is 2.45 bits per heavy atom. The second-order valence-electron chi connectivity index (χ2n) is 2.88. The van der Waals surface area contributed by atoms with Gasteiger partial charge in [-0.3, -0.25) is 0 Å². The lowest BCUT2D eigenvalue weighted by atomic mass is 10.4. The van der Waals surface area contributed by atoms with E-state index in [0.717, 1.165) is 9.21 Å². The predicted molar refractivity (Wildman–Crippen MR) is 50.6 cm³/mol. The molecule has 1 fully saturated rings. The van der Waals surface area contributed by atoms with E-state index in [0.29, 0.717) is 5.92 Å². The van der Waals surface area contributed by atoms with Crippen LogP contribution in [0.15, 0.2) is 9.21 Å². The fraction of sp³-hybridized carbons (Fsp3) is 0.571. The summed E-state index contributed by atoms with van der Waals surface area (Å²) in [4.78, 5) is 4.40. The van der Waals surface area contributed by atoms with Crippen molar-refractivity contribution in [3.8, 4) is 0 Å². The van der Waals surface area contributed by atoms with Crippen LogP contribution in [0.2, 0.25) is 0 Å². The van der Waals surface area contributed by atoms with Gasteiger partial charge in [0.05, 0.1) is 0 Å². The molecule has 0 N–H and O–H groups in total. The van der Waals surface area contributed by atoms with Crippen molar-refractivity contribution in [3.63, 3.8) is 0 Å². The zero-order valence-electron chi connectivity index (χ0n) is 6.14. The molecule has 0 radical (unpaired) electrons. The van der Waals surface area contributed by atoms with Gasteiger partial charge in [0.15, 0.2) is 0 Å². The summed E-state index contributed by atoms with van der Waals surface area (Å²) >= 11 is 6.83. The van der Waals surface area contributed by atoms with Crippen molar-refractivity contribution in [1.29, 1.82) is 0 Å². The molecule has 0 aliphatic heterocycles. The van der Waals surface area contributed by atoms with Crippen LogP contribution in [0.4, 0.5) is 0 Å². The predicted octanol–water partition coefficient (Wildman–Crippen LogP) is 2.82. The molecular formula is C7H8Br2N2. The van der Waals surface area contributed by atoms with E-state index in [1.54, 1.807) is 0 Å². The molecular weight excluding hydrogens is 272 g/mol. The minimum Gasteiger partial charge on any atom is -0.325 e. The summed E-state index contributed by atoms with van der Waals surface area (Å²) in [5, 5.41) is 0. The first kappa shape index (κ1) is 7.80. The number of hydrogen-bond donors (Lipinski definition) is 0. The van der Waals surface area contributed by atoms with Crippen LogP contribution in [0.3, 0.4) is 0 Å². The molecule has 2 rings (SSSR count). The Bertz CT molecular complexity index is 289. The molecule has 1 aromatic heterocycles. The Hall–Kier alpha value is 0.170. The smallest absolute Gasteiger partial charge is 0.139 e. The number of imidazole rings is 1. The highest BCUT2D eigenvalue weighted by atomic mass is 79.9. The fourth-order valence-electron chi connectivity index (χ4n) is 1.17. The topological polar surface area (TPSA) is 17.8 Å². The van der Waals surface area contributed by atoms with E-state index in [1.807, 2.05) is 7.05 Å². The Kier molecular flexibility index (Phi) is 1.84. The van der Waals surface area contributed by atoms with E-state index in [9.17, 15) is 0 Å². The zero-order valence-corrected chi connectivity index (χ0v) is 9.31. The standard InChI is InChI=1S/C7H8Br2N2/c1-11-6(9)5(8)10-7(11)4-2-3-4/h4H,2-3H2,1H3. The highest BCUT2D eigenvalue weighted by Gasteiger charge is 2.29. The van der Waals surface area contributed by atoms with Gasteiger partial charge in [-0.2, -0.15) is 0 Å². The minimum atomic E-state index is 0.711. The summed E-state index contributed by atoms with van der Waals surface area (Å²) in [5.74, 6) is 1.91. The van der Waals surface area contributed by atoms with Crippen LogP contribution in [0.1, 0.15) is 24.6 Å². The van der Waals surface area contributed by atoms with Gasteiger partial charge >= 0.3 is 0 Å². The van der Waals surface area contributed by atoms with Crippen molar-refractivity contribution in [2.24, 2.45) is 7.05 Å². The SMILES string of the molecule is Cn1c(C2CC2)nc(Br)c1Br. The average molecular weight is 280 g/mol. The van der Waals surface area contributed by atoms with Gasteiger partial charge in [0.25, 0.3) is 0 Å². The maximum Gasteiger partial charge on any atom is 0.139 e. The highest BCUT2D eigenvalue weighted by Crippen LogP contribution is 2.41. The molecule has 0 atom stereocenters. The van der Waals surface area contributed by atoms with Crippen molar-refractivity contribution >= 4 is 31.9 Å². The van der Waals surface area contributed by atoms with Gasteiger partial charge in [0.1, 0.15) is 15.0 Å². The quantitative estimate of drug-likeness (QED) is 0.773. The lowest BCUT2D eigenvalue weighted by Gasteiger charge is -1.97. The lowest BCUT2D eigenvalue weighted by molar-refractivity contribution is 0.786. The second-order valence-corrected chi connectivity index (χ2v) is 4.39. The van der Waals surface area contributed by atoms with Gasteiger partial charge in [-0.05, 0) is 44.7 Å². The summed E-state index contributed by atoms with van der Waals surface area (Å²) in [7, 11) is 2.04. The summed E-state index contributed by atoms with van der Waals surface area (Å²) in [5.41, 5.74) is 0. The monoisotopic (exact) mass is 278 g/mol. The Labute approximate surface area is 82.3 Å². The van der Waals surface area contributed by atoms with Crippen molar-refractivity contribution in [1.82, 2.24) is 9.55 Å². The van der Waals surface area contributed by atoms with E-state index >= 15 is 0 Å². The molecule has 1 aliphatic rings. The Morgan fingerprint density at radius 1 is 1.45 bits per heavy atom. The van der Waals surface area contributed by atoms with E-state index in [4.69, 9.17) is 0 Å². The van der Waals surface area contributed by atoms with Crippen molar-refractivity contribution in [3.05, 3.63) is 15.0 Å². The molecule has 0 amide bonds. The molecule has 4 heteroatoms. The molecule has 1 saturated carbocycles. The summed E-state index contributed by atoms with van der Waals surface area (Å²) in [6.45, 7) is 0. The number of aromatic nitrogens is 2. The van der Waals surface area contributed by atoms with Crippen LogP contribution in [0, 0.1) is 0 Å². The molecule has 60 valence electrons. The third-order valence-corrected chi connectivity index (χ3v) is 3.96. The minimum absolute atomic E-state index is 0.711. The largest absolute Gasteiger partial charge is 0.325 e. The summed E-state index contributed by atoms with van der Waals surface area (Å²) < 4.78 is 4.06. The van der Waals surface area contributed by atoms with Gasteiger partial charge < -0.3 is 4.57 Å². The number of nitrogens with zero attached hydrogens (tertiary/aromatic N) is 2. The van der Waals surface area contributed by atoms with Gasteiger partial charge in [-0.15, -0.1) is 0 Å². The lowest BCUT2D eigenvalue weighted by Crippen LogP contribution is -1.94. The summed E-state index contributed by atoms with van der Waals surface area (Å²) in [6.07, 6.45) is 2.59. The van der Waals surface area contributed by atoms with Gasteiger partial charge in [0, 0.05) is 13.0 Å². The first-order valence-electron chi connectivity index (χ1n) is 3.57. The molecule has 1 aromatic rings. The normalized spacial score (nSPS) is 17.4. The van der Waals surface area contributed by atoms with Crippen molar-refractivity contribution < 1.29 is 0 Å². The molecule has 0 spiro atoms. The van der Waals surface area contributed by atoms with Crippen LogP contribution in [0.5, 0.6) is 0 Å². The van der Waals surface area contributed by atoms with Gasteiger partial charge in [-0.1, -0.05) is 0 Å². The third kappa shape index (κ3) is 1.26. The maximum atomic E-state index is 4.40. The van der Waals surface area contributed by atoms with E-state index in [1.165, 1.54) is 18.7 Å². The average Bonchev–Trinajstić information content (AvgIpc) is 2.76. The van der Waals surface area contributed by atoms with E-state index in [-0.39, 0.29) is 0 Å². The third-order valence-electron chi connectivity index (χ3n) is 1.96. The fourth-order valence-corrected chi connectivity index (χ4v) is 1.89. The van der Waals surface area contributed by atoms with Crippen LogP contribution in [-0.2, 0) is 7.05 Å². The van der Waals surface area contributed by atoms with Crippen LogP contribution in [-0.4, -0.2) is 9.55 Å².